The van der Waals surface area contributed by atoms with Crippen molar-refractivity contribution in [3.05, 3.63) is 35.5 Å². The number of nitrogens with zero attached hydrogens (tertiary/aromatic N) is 1. The Morgan fingerprint density at radius 1 is 1.31 bits per heavy atom. The van der Waals surface area contributed by atoms with Gasteiger partial charge in [-0.15, -0.1) is 0 Å². The van der Waals surface area contributed by atoms with Gasteiger partial charge < -0.3 is 5.11 Å². The molecule has 2 rings (SSSR count). The van der Waals surface area contributed by atoms with E-state index >= 15 is 0 Å². The molecule has 3 heteroatoms. The number of benzene rings is 1. The van der Waals surface area contributed by atoms with Crippen molar-refractivity contribution < 1.29 is 9.90 Å². The number of aryl methyl sites for hydroxylation is 1. The average molecular weight is 215 g/mol. The van der Waals surface area contributed by atoms with E-state index in [2.05, 4.69) is 4.98 Å². The summed E-state index contributed by atoms with van der Waals surface area (Å²) in [5, 5.41) is 10.4. The van der Waals surface area contributed by atoms with E-state index in [9.17, 15) is 9.90 Å². The molecule has 1 aromatic heterocycles. The number of rotatable bonds is 2. The highest BCUT2D eigenvalue weighted by Gasteiger charge is 2.11. The Morgan fingerprint density at radius 3 is 2.75 bits per heavy atom. The van der Waals surface area contributed by atoms with Crippen LogP contribution in [0.3, 0.4) is 0 Å². The van der Waals surface area contributed by atoms with Gasteiger partial charge in [0.15, 0.2) is 5.78 Å². The molecule has 0 bridgehead atoms. The lowest BCUT2D eigenvalue weighted by Gasteiger charge is -2.06. The lowest BCUT2D eigenvalue weighted by atomic mass is 10.0. The third kappa shape index (κ3) is 1.65. The number of hydrogen-bond donors (Lipinski definition) is 1. The third-order valence-corrected chi connectivity index (χ3v) is 2.60. The third-order valence-electron chi connectivity index (χ3n) is 2.60. The first-order chi connectivity index (χ1) is 7.63. The van der Waals surface area contributed by atoms with Gasteiger partial charge in [-0.05, 0) is 25.1 Å². The monoisotopic (exact) mass is 215 g/mol. The van der Waals surface area contributed by atoms with Gasteiger partial charge in [0, 0.05) is 23.1 Å². The van der Waals surface area contributed by atoms with Crippen LogP contribution in [0.2, 0.25) is 0 Å². The molecule has 0 saturated carbocycles. The zero-order valence-electron chi connectivity index (χ0n) is 9.32. The highest BCUT2D eigenvalue weighted by atomic mass is 16.3. The molecule has 2 aromatic rings. The standard InChI is InChI=1S/C13H13NO2/c1-3-11(15)9-6-7-12(16)13-10(9)5-4-8(2)14-13/h4-7,16H,3H2,1-2H3. The maximum Gasteiger partial charge on any atom is 0.163 e. The minimum atomic E-state index is 0.0654. The molecule has 0 amide bonds. The summed E-state index contributed by atoms with van der Waals surface area (Å²) in [5.41, 5.74) is 1.95. The first kappa shape index (κ1) is 10.6. The van der Waals surface area contributed by atoms with Crippen molar-refractivity contribution in [2.45, 2.75) is 20.3 Å². The molecule has 0 radical (unpaired) electrons. The van der Waals surface area contributed by atoms with E-state index in [-0.39, 0.29) is 11.5 Å². The second kappa shape index (κ2) is 3.93. The molecule has 82 valence electrons. The minimum Gasteiger partial charge on any atom is -0.506 e. The number of Topliss-reactive ketones (excluding diaryl/α,β-unsaturated/α-hetero) is 1. The summed E-state index contributed by atoms with van der Waals surface area (Å²) in [7, 11) is 0. The average Bonchev–Trinajstić information content (AvgIpc) is 2.29. The first-order valence-electron chi connectivity index (χ1n) is 5.26. The fourth-order valence-electron chi connectivity index (χ4n) is 1.73. The Hall–Kier alpha value is -1.90. The zero-order chi connectivity index (χ0) is 11.7. The summed E-state index contributed by atoms with van der Waals surface area (Å²) in [6.07, 6.45) is 0.452. The van der Waals surface area contributed by atoms with Gasteiger partial charge in [0.1, 0.15) is 11.3 Å². The summed E-state index contributed by atoms with van der Waals surface area (Å²) in [5.74, 6) is 0.182. The van der Waals surface area contributed by atoms with Crippen LogP contribution in [0.1, 0.15) is 29.4 Å². The Bertz CT molecular complexity index is 561. The molecule has 1 aromatic carbocycles. The first-order valence-corrected chi connectivity index (χ1v) is 5.26. The zero-order valence-corrected chi connectivity index (χ0v) is 9.32. The molecule has 0 aliphatic carbocycles. The van der Waals surface area contributed by atoms with Crippen molar-refractivity contribution in [3.63, 3.8) is 0 Å². The van der Waals surface area contributed by atoms with Crippen molar-refractivity contribution >= 4 is 16.7 Å². The highest BCUT2D eigenvalue weighted by molar-refractivity contribution is 6.08. The van der Waals surface area contributed by atoms with Crippen LogP contribution in [0.15, 0.2) is 24.3 Å². The van der Waals surface area contributed by atoms with Gasteiger partial charge in [-0.25, -0.2) is 4.98 Å². The van der Waals surface area contributed by atoms with E-state index in [0.717, 1.165) is 11.1 Å². The van der Waals surface area contributed by atoms with Crippen LogP contribution < -0.4 is 0 Å². The second-order valence-electron chi connectivity index (χ2n) is 3.76. The van der Waals surface area contributed by atoms with E-state index < -0.39 is 0 Å². The molecule has 0 aliphatic rings. The fraction of sp³-hybridized carbons (Fsp3) is 0.231. The lowest BCUT2D eigenvalue weighted by Crippen LogP contribution is -1.98. The largest absolute Gasteiger partial charge is 0.506 e. The van der Waals surface area contributed by atoms with Gasteiger partial charge in [-0.2, -0.15) is 0 Å². The van der Waals surface area contributed by atoms with Gasteiger partial charge in [0.25, 0.3) is 0 Å². The predicted molar refractivity (Wildman–Crippen MR) is 62.8 cm³/mol. The summed E-state index contributed by atoms with van der Waals surface area (Å²) in [6.45, 7) is 3.68. The van der Waals surface area contributed by atoms with E-state index in [0.29, 0.717) is 17.5 Å². The van der Waals surface area contributed by atoms with Crippen LogP contribution in [-0.4, -0.2) is 15.9 Å². The van der Waals surface area contributed by atoms with Crippen LogP contribution in [0.25, 0.3) is 10.9 Å². The van der Waals surface area contributed by atoms with Crippen molar-refractivity contribution in [2.75, 3.05) is 0 Å². The number of aromatic nitrogens is 1. The molecule has 0 saturated heterocycles. The minimum absolute atomic E-state index is 0.0654. The van der Waals surface area contributed by atoms with Crippen LogP contribution in [-0.2, 0) is 0 Å². The molecule has 1 heterocycles. The van der Waals surface area contributed by atoms with Crippen molar-refractivity contribution in [1.29, 1.82) is 0 Å². The normalized spacial score (nSPS) is 10.6. The number of ketones is 1. The molecule has 1 N–H and O–H groups in total. The Balaban J connectivity index is 2.79. The summed E-state index contributed by atoms with van der Waals surface area (Å²) in [4.78, 5) is 16.0. The van der Waals surface area contributed by atoms with Crippen molar-refractivity contribution in [3.8, 4) is 5.75 Å². The van der Waals surface area contributed by atoms with Crippen LogP contribution in [0.5, 0.6) is 5.75 Å². The molecule has 3 nitrogen and oxygen atoms in total. The van der Waals surface area contributed by atoms with Crippen LogP contribution >= 0.6 is 0 Å². The molecular weight excluding hydrogens is 202 g/mol. The smallest absolute Gasteiger partial charge is 0.163 e. The van der Waals surface area contributed by atoms with Gasteiger partial charge in [0.05, 0.1) is 0 Å². The SMILES string of the molecule is CCC(=O)c1ccc(O)c2nc(C)ccc12. The van der Waals surface area contributed by atoms with Gasteiger partial charge in [-0.1, -0.05) is 13.0 Å². The Morgan fingerprint density at radius 2 is 2.06 bits per heavy atom. The van der Waals surface area contributed by atoms with Gasteiger partial charge in [-0.3, -0.25) is 4.79 Å². The molecule has 0 atom stereocenters. The van der Waals surface area contributed by atoms with E-state index in [1.807, 2.05) is 26.0 Å². The van der Waals surface area contributed by atoms with Crippen LogP contribution in [0.4, 0.5) is 0 Å². The summed E-state index contributed by atoms with van der Waals surface area (Å²) >= 11 is 0. The van der Waals surface area contributed by atoms with Gasteiger partial charge in [0.2, 0.25) is 0 Å². The lowest BCUT2D eigenvalue weighted by molar-refractivity contribution is 0.0989. The predicted octanol–water partition coefficient (Wildman–Crippen LogP) is 2.84. The van der Waals surface area contributed by atoms with E-state index in [4.69, 9.17) is 0 Å². The molecule has 0 aliphatic heterocycles. The van der Waals surface area contributed by atoms with Crippen molar-refractivity contribution in [2.24, 2.45) is 0 Å². The van der Waals surface area contributed by atoms with E-state index in [1.165, 1.54) is 6.07 Å². The number of phenols is 1. The van der Waals surface area contributed by atoms with Crippen molar-refractivity contribution in [1.82, 2.24) is 4.98 Å². The topological polar surface area (TPSA) is 50.2 Å². The summed E-state index contributed by atoms with van der Waals surface area (Å²) in [6, 6.07) is 6.85. The quantitative estimate of drug-likeness (QED) is 0.783. The Labute approximate surface area is 93.7 Å². The van der Waals surface area contributed by atoms with E-state index in [1.54, 1.807) is 6.07 Å². The molecule has 0 unspecified atom stereocenters. The molecule has 0 spiro atoms. The maximum absolute atomic E-state index is 11.7. The molecule has 16 heavy (non-hydrogen) atoms. The number of carbonyl (C=O) groups excluding carboxylic acids is 1. The number of phenolic OH excluding ortho intramolecular Hbond substituents is 1. The number of fused-ring (bicyclic) bond motifs is 1. The highest BCUT2D eigenvalue weighted by Crippen LogP contribution is 2.26. The van der Waals surface area contributed by atoms with Crippen LogP contribution in [0, 0.1) is 6.92 Å². The summed E-state index contributed by atoms with van der Waals surface area (Å²) < 4.78 is 0. The second-order valence-corrected chi connectivity index (χ2v) is 3.76. The molecule has 0 fully saturated rings. The number of aromatic hydroxyl groups is 1. The Kier molecular flexibility index (Phi) is 2.60. The fourth-order valence-corrected chi connectivity index (χ4v) is 1.73. The number of pyridine rings is 1. The number of hydrogen-bond acceptors (Lipinski definition) is 3. The maximum atomic E-state index is 11.7. The molecular formula is C13H13NO2. The van der Waals surface area contributed by atoms with Gasteiger partial charge >= 0.3 is 0 Å². The number of carbonyl (C=O) groups is 1.